The smallest absolute Gasteiger partial charge is 0.193 e. The van der Waals surface area contributed by atoms with Gasteiger partial charge in [0.05, 0.1) is 20.8 Å². The molecule has 8 heteroatoms. The first-order chi connectivity index (χ1) is 11.0. The summed E-state index contributed by atoms with van der Waals surface area (Å²) >= 11 is 1.48. The lowest BCUT2D eigenvalue weighted by Gasteiger charge is -2.19. The van der Waals surface area contributed by atoms with Crippen LogP contribution in [0.1, 0.15) is 11.8 Å². The number of anilines is 1. The maximum atomic E-state index is 10.4. The highest BCUT2D eigenvalue weighted by Crippen LogP contribution is 2.29. The second-order valence-electron chi connectivity index (χ2n) is 5.15. The van der Waals surface area contributed by atoms with Crippen molar-refractivity contribution in [3.05, 3.63) is 40.6 Å². The molecule has 1 heterocycles. The van der Waals surface area contributed by atoms with E-state index in [1.165, 1.54) is 11.3 Å². The van der Waals surface area contributed by atoms with Crippen LogP contribution in [-0.2, 0) is 5.60 Å². The average molecular weight is 463 g/mol. The highest BCUT2D eigenvalue weighted by atomic mass is 127. The number of hydrogen-bond donors (Lipinski definition) is 3. The van der Waals surface area contributed by atoms with Gasteiger partial charge in [-0.1, -0.05) is 6.07 Å². The van der Waals surface area contributed by atoms with E-state index in [0.717, 1.165) is 10.6 Å². The molecule has 1 atom stereocenters. The number of nitrogens with one attached hydrogen (secondary N) is 1. The Labute approximate surface area is 162 Å². The van der Waals surface area contributed by atoms with E-state index in [-0.39, 0.29) is 36.5 Å². The van der Waals surface area contributed by atoms with Crippen molar-refractivity contribution >= 4 is 47.0 Å². The molecule has 0 fully saturated rings. The number of aliphatic hydroxyl groups is 1. The number of benzene rings is 1. The number of nitrogens with two attached hydrogens (primary N) is 1. The van der Waals surface area contributed by atoms with E-state index < -0.39 is 5.60 Å². The van der Waals surface area contributed by atoms with Gasteiger partial charge in [0.1, 0.15) is 5.60 Å². The second-order valence-corrected chi connectivity index (χ2v) is 6.10. The predicted molar refractivity (Wildman–Crippen MR) is 109 cm³/mol. The van der Waals surface area contributed by atoms with Crippen molar-refractivity contribution in [2.24, 2.45) is 10.7 Å². The van der Waals surface area contributed by atoms with E-state index in [2.05, 4.69) is 10.3 Å². The van der Waals surface area contributed by atoms with E-state index in [9.17, 15) is 5.11 Å². The summed E-state index contributed by atoms with van der Waals surface area (Å²) in [5, 5.41) is 15.3. The number of rotatable bonds is 6. The summed E-state index contributed by atoms with van der Waals surface area (Å²) in [6.45, 7) is 1.88. The summed E-state index contributed by atoms with van der Waals surface area (Å²) in [6, 6.07) is 9.11. The normalized spacial score (nSPS) is 13.6. The van der Waals surface area contributed by atoms with Gasteiger partial charge >= 0.3 is 0 Å². The van der Waals surface area contributed by atoms with Crippen molar-refractivity contribution < 1.29 is 14.6 Å². The van der Waals surface area contributed by atoms with Gasteiger partial charge in [-0.25, -0.2) is 4.99 Å². The SMILES string of the molecule is COc1ccc(NC(N)=NCC(C)(O)c2cccs2)cc1OC.I. The summed E-state index contributed by atoms with van der Waals surface area (Å²) in [4.78, 5) is 5.06. The molecule has 4 N–H and O–H groups in total. The maximum absolute atomic E-state index is 10.4. The van der Waals surface area contributed by atoms with Gasteiger partial charge in [-0.15, -0.1) is 35.3 Å². The first-order valence-corrected chi connectivity index (χ1v) is 7.89. The molecule has 2 aromatic rings. The fourth-order valence-electron chi connectivity index (χ4n) is 2.00. The lowest BCUT2D eigenvalue weighted by Crippen LogP contribution is -2.29. The number of aliphatic imine (C=N–C) groups is 1. The van der Waals surface area contributed by atoms with Crippen molar-refractivity contribution in [2.75, 3.05) is 26.1 Å². The minimum Gasteiger partial charge on any atom is -0.493 e. The fraction of sp³-hybridized carbons (Fsp3) is 0.312. The van der Waals surface area contributed by atoms with Gasteiger partial charge in [-0.2, -0.15) is 0 Å². The maximum Gasteiger partial charge on any atom is 0.193 e. The number of guanidine groups is 1. The number of nitrogens with zero attached hydrogens (tertiary/aromatic N) is 1. The van der Waals surface area contributed by atoms with E-state index >= 15 is 0 Å². The Kier molecular flexibility index (Phi) is 7.77. The standard InChI is InChI=1S/C16H21N3O3S.HI/c1-16(20,14-5-4-8-23-14)10-18-15(17)19-11-6-7-12(21-2)13(9-11)22-3;/h4-9,20H,10H2,1-3H3,(H3,17,18,19);1H. The number of thiophene rings is 1. The van der Waals surface area contributed by atoms with E-state index in [1.807, 2.05) is 17.5 Å². The zero-order chi connectivity index (χ0) is 16.9. The zero-order valence-electron chi connectivity index (χ0n) is 13.8. The number of methoxy groups -OCH3 is 2. The van der Waals surface area contributed by atoms with E-state index in [1.54, 1.807) is 39.3 Å². The molecule has 0 radical (unpaired) electrons. The van der Waals surface area contributed by atoms with Crippen molar-refractivity contribution in [3.63, 3.8) is 0 Å². The first kappa shape index (κ1) is 20.5. The third-order valence-electron chi connectivity index (χ3n) is 3.27. The molecule has 0 aliphatic heterocycles. The molecule has 132 valence electrons. The van der Waals surface area contributed by atoms with E-state index in [0.29, 0.717) is 11.5 Å². The average Bonchev–Trinajstić information content (AvgIpc) is 3.08. The van der Waals surface area contributed by atoms with Crippen LogP contribution < -0.4 is 20.5 Å². The Hall–Kier alpha value is -1.52. The monoisotopic (exact) mass is 463 g/mol. The minimum atomic E-state index is -1.04. The molecule has 0 saturated carbocycles. The molecule has 1 unspecified atom stereocenters. The molecule has 0 saturated heterocycles. The zero-order valence-corrected chi connectivity index (χ0v) is 16.9. The van der Waals surface area contributed by atoms with Gasteiger partial charge in [0.25, 0.3) is 0 Å². The summed E-state index contributed by atoms with van der Waals surface area (Å²) in [5.74, 6) is 1.44. The highest BCUT2D eigenvalue weighted by molar-refractivity contribution is 14.0. The molecule has 24 heavy (non-hydrogen) atoms. The lowest BCUT2D eigenvalue weighted by molar-refractivity contribution is 0.0713. The Morgan fingerprint density at radius 3 is 2.58 bits per heavy atom. The molecule has 6 nitrogen and oxygen atoms in total. The Morgan fingerprint density at radius 2 is 2.00 bits per heavy atom. The molecule has 0 aliphatic carbocycles. The molecule has 0 aliphatic rings. The van der Waals surface area contributed by atoms with Crippen LogP contribution in [0.15, 0.2) is 40.7 Å². The first-order valence-electron chi connectivity index (χ1n) is 7.01. The van der Waals surface area contributed by atoms with Crippen LogP contribution in [0, 0.1) is 0 Å². The van der Waals surface area contributed by atoms with Crippen LogP contribution >= 0.6 is 35.3 Å². The van der Waals surface area contributed by atoms with Crippen LogP contribution in [0.4, 0.5) is 5.69 Å². The molecular weight excluding hydrogens is 441 g/mol. The fourth-order valence-corrected chi connectivity index (χ4v) is 2.78. The second kappa shape index (κ2) is 9.09. The third-order valence-corrected chi connectivity index (χ3v) is 4.39. The number of hydrogen-bond acceptors (Lipinski definition) is 5. The highest BCUT2D eigenvalue weighted by Gasteiger charge is 2.23. The molecule has 2 rings (SSSR count). The third kappa shape index (κ3) is 5.25. The van der Waals surface area contributed by atoms with Crippen molar-refractivity contribution in [1.82, 2.24) is 0 Å². The van der Waals surface area contributed by atoms with Crippen molar-refractivity contribution in [2.45, 2.75) is 12.5 Å². The molecule has 1 aromatic heterocycles. The Balaban J connectivity index is 0.00000288. The molecule has 0 amide bonds. The van der Waals surface area contributed by atoms with Crippen molar-refractivity contribution in [1.29, 1.82) is 0 Å². The summed E-state index contributed by atoms with van der Waals surface area (Å²) in [6.07, 6.45) is 0. The molecule has 1 aromatic carbocycles. The minimum absolute atomic E-state index is 0. The quantitative estimate of drug-likeness (QED) is 0.348. The van der Waals surface area contributed by atoms with Crippen LogP contribution in [0.3, 0.4) is 0 Å². The predicted octanol–water partition coefficient (Wildman–Crippen LogP) is 3.02. The van der Waals surface area contributed by atoms with E-state index in [4.69, 9.17) is 15.2 Å². The number of halogens is 1. The molecular formula is C16H22IN3O3S. The molecule has 0 bridgehead atoms. The molecule has 0 spiro atoms. The summed E-state index contributed by atoms with van der Waals surface area (Å²) in [5.41, 5.74) is 5.57. The largest absolute Gasteiger partial charge is 0.493 e. The number of ether oxygens (including phenoxy) is 2. The van der Waals surface area contributed by atoms with Gasteiger partial charge in [0, 0.05) is 16.6 Å². The summed E-state index contributed by atoms with van der Waals surface area (Å²) in [7, 11) is 3.14. The van der Waals surface area contributed by atoms with Gasteiger partial charge in [0.2, 0.25) is 0 Å². The summed E-state index contributed by atoms with van der Waals surface area (Å²) < 4.78 is 10.4. The van der Waals surface area contributed by atoms with Crippen LogP contribution in [0.25, 0.3) is 0 Å². The lowest BCUT2D eigenvalue weighted by atomic mass is 10.1. The van der Waals surface area contributed by atoms with Gasteiger partial charge in [-0.3, -0.25) is 0 Å². The topological polar surface area (TPSA) is 89.1 Å². The van der Waals surface area contributed by atoms with Crippen LogP contribution in [-0.4, -0.2) is 31.8 Å². The van der Waals surface area contributed by atoms with Gasteiger partial charge in [0.15, 0.2) is 17.5 Å². The Morgan fingerprint density at radius 1 is 1.29 bits per heavy atom. The Bertz CT molecular complexity index is 675. The van der Waals surface area contributed by atoms with Crippen LogP contribution in [0.2, 0.25) is 0 Å². The van der Waals surface area contributed by atoms with Crippen molar-refractivity contribution in [3.8, 4) is 11.5 Å². The van der Waals surface area contributed by atoms with Gasteiger partial charge in [-0.05, 0) is 30.5 Å². The van der Waals surface area contributed by atoms with Gasteiger partial charge < -0.3 is 25.6 Å². The van der Waals surface area contributed by atoms with Crippen LogP contribution in [0.5, 0.6) is 11.5 Å².